The first-order valence-electron chi connectivity index (χ1n) is 8.68. The molecule has 0 saturated carbocycles. The van der Waals surface area contributed by atoms with Crippen LogP contribution in [-0.4, -0.2) is 27.8 Å². The van der Waals surface area contributed by atoms with Crippen molar-refractivity contribution in [2.45, 2.75) is 31.1 Å². The van der Waals surface area contributed by atoms with E-state index in [1.807, 2.05) is 0 Å². The summed E-state index contributed by atoms with van der Waals surface area (Å²) in [6.07, 6.45) is -3.91. The Bertz CT molecular complexity index is 1130. The summed E-state index contributed by atoms with van der Waals surface area (Å²) in [7, 11) is 0. The van der Waals surface area contributed by atoms with Crippen molar-refractivity contribution < 1.29 is 27.2 Å². The van der Waals surface area contributed by atoms with E-state index in [2.05, 4.69) is 17.6 Å². The normalized spacial score (nSPS) is 18.3. The van der Waals surface area contributed by atoms with Crippen LogP contribution in [0.15, 0.2) is 30.5 Å². The third kappa shape index (κ3) is 3.65. The van der Waals surface area contributed by atoms with Crippen molar-refractivity contribution in [3.8, 4) is 6.07 Å². The molecule has 1 aromatic carbocycles. The van der Waals surface area contributed by atoms with Gasteiger partial charge in [0, 0.05) is 5.69 Å². The van der Waals surface area contributed by atoms with E-state index < -0.39 is 46.1 Å². The van der Waals surface area contributed by atoms with E-state index in [1.165, 1.54) is 30.9 Å². The molecule has 0 radical (unpaired) electrons. The third-order valence-electron chi connectivity index (χ3n) is 4.87. The highest BCUT2D eigenvalue weighted by molar-refractivity contribution is 7.81. The van der Waals surface area contributed by atoms with Gasteiger partial charge in [0.1, 0.15) is 17.4 Å². The second-order valence-corrected chi connectivity index (χ2v) is 7.64. The molecule has 1 atom stereocenters. The summed E-state index contributed by atoms with van der Waals surface area (Å²) in [5.74, 6) is -2.54. The summed E-state index contributed by atoms with van der Waals surface area (Å²) in [6, 6.07) is 5.49. The molecule has 2 amide bonds. The maximum atomic E-state index is 14.3. The number of anilines is 2. The average molecular weight is 453 g/mol. The first-order chi connectivity index (χ1) is 14.3. The summed E-state index contributed by atoms with van der Waals surface area (Å²) >= 11 is 4.38. The maximum absolute atomic E-state index is 14.3. The summed E-state index contributed by atoms with van der Waals surface area (Å²) in [5.41, 5.74) is 0.0418. The molecule has 1 aliphatic heterocycles. The number of rotatable bonds is 3. The number of nitrogens with two attached hydrogens (primary N) is 1. The fourth-order valence-electron chi connectivity index (χ4n) is 3.36. The number of alkyl halides is 3. The number of benzene rings is 1. The number of hydrogen-bond donors (Lipinski definition) is 2. The van der Waals surface area contributed by atoms with Crippen molar-refractivity contribution >= 4 is 35.8 Å². The van der Waals surface area contributed by atoms with Crippen LogP contribution in [0.5, 0.6) is 0 Å². The van der Waals surface area contributed by atoms with Crippen LogP contribution in [0.4, 0.5) is 28.9 Å². The molecule has 2 aromatic rings. The largest absolute Gasteiger partial charge is 0.419 e. The van der Waals surface area contributed by atoms with Crippen molar-refractivity contribution in [3.05, 3.63) is 53.1 Å². The lowest BCUT2D eigenvalue weighted by molar-refractivity contribution is -0.138. The highest BCUT2D eigenvalue weighted by Gasteiger charge is 2.52. The van der Waals surface area contributed by atoms with Gasteiger partial charge in [0.15, 0.2) is 11.2 Å². The first-order valence-corrected chi connectivity index (χ1v) is 9.20. The van der Waals surface area contributed by atoms with Crippen LogP contribution in [0.3, 0.4) is 0 Å². The summed E-state index contributed by atoms with van der Waals surface area (Å²) in [6.45, 7) is 2.97. The van der Waals surface area contributed by atoms with Gasteiger partial charge in [-0.25, -0.2) is 9.37 Å². The monoisotopic (exact) mass is 453 g/mol. The minimum atomic E-state index is -4.87. The highest BCUT2D eigenvalue weighted by Crippen LogP contribution is 2.42. The Morgan fingerprint density at radius 3 is 2.45 bits per heavy atom. The number of amides is 2. The molecular formula is C19H15F4N5O2S. The Balaban J connectivity index is 2.10. The molecule has 0 aliphatic carbocycles. The van der Waals surface area contributed by atoms with E-state index in [0.717, 1.165) is 23.2 Å². The molecule has 3 rings (SSSR count). The number of pyridine rings is 1. The van der Waals surface area contributed by atoms with Gasteiger partial charge in [0.05, 0.1) is 23.0 Å². The van der Waals surface area contributed by atoms with E-state index in [4.69, 9.17) is 11.0 Å². The molecule has 2 heterocycles. The smallest absolute Gasteiger partial charge is 0.366 e. The minimum absolute atomic E-state index is 0.154. The van der Waals surface area contributed by atoms with E-state index in [9.17, 15) is 27.2 Å². The zero-order valence-electron chi connectivity index (χ0n) is 16.1. The van der Waals surface area contributed by atoms with Gasteiger partial charge >= 0.3 is 6.18 Å². The molecule has 1 aromatic heterocycles. The lowest BCUT2D eigenvalue weighted by atomic mass is 10.0. The van der Waals surface area contributed by atoms with Crippen molar-refractivity contribution in [1.29, 1.82) is 5.26 Å². The zero-order chi connectivity index (χ0) is 23.3. The topological polar surface area (TPSA) is 103 Å². The van der Waals surface area contributed by atoms with Crippen molar-refractivity contribution in [2.24, 2.45) is 5.73 Å². The van der Waals surface area contributed by atoms with Gasteiger partial charge < -0.3 is 10.6 Å². The Morgan fingerprint density at radius 1 is 1.29 bits per heavy atom. The van der Waals surface area contributed by atoms with Gasteiger partial charge in [-0.05, 0) is 38.1 Å². The molecular weight excluding hydrogens is 438 g/mol. The zero-order valence-corrected chi connectivity index (χ0v) is 17.0. The number of carbonyl (C=O) groups is 2. The van der Waals surface area contributed by atoms with Crippen LogP contribution >= 0.6 is 12.6 Å². The minimum Gasteiger partial charge on any atom is -0.366 e. The predicted molar refractivity (Wildman–Crippen MR) is 106 cm³/mol. The SMILES string of the molecule is CC1(C)C(=O)N(c2cnc(C#N)c(C(F)(F)F)c2)C(S)N1c1ccc(C(N)=O)c(F)c1. The number of primary amides is 1. The van der Waals surface area contributed by atoms with Crippen LogP contribution in [0.1, 0.15) is 35.5 Å². The Hall–Kier alpha value is -3.33. The molecule has 1 saturated heterocycles. The molecule has 0 spiro atoms. The fraction of sp³-hybridized carbons (Fsp3) is 0.263. The number of thiol groups is 1. The van der Waals surface area contributed by atoms with E-state index in [0.29, 0.717) is 6.07 Å². The molecule has 2 N–H and O–H groups in total. The van der Waals surface area contributed by atoms with Crippen molar-refractivity contribution in [1.82, 2.24) is 4.98 Å². The van der Waals surface area contributed by atoms with Crippen LogP contribution in [-0.2, 0) is 11.0 Å². The first kappa shape index (κ1) is 22.4. The molecule has 7 nitrogen and oxygen atoms in total. The van der Waals surface area contributed by atoms with Crippen LogP contribution in [0.25, 0.3) is 0 Å². The molecule has 1 aliphatic rings. The van der Waals surface area contributed by atoms with Crippen LogP contribution in [0.2, 0.25) is 0 Å². The summed E-state index contributed by atoms with van der Waals surface area (Å²) in [5, 5.41) is 8.92. The number of nitrogens with zero attached hydrogens (tertiary/aromatic N) is 4. The summed E-state index contributed by atoms with van der Waals surface area (Å²) in [4.78, 5) is 30.2. The van der Waals surface area contributed by atoms with E-state index in [-0.39, 0.29) is 16.9 Å². The van der Waals surface area contributed by atoms with Gasteiger partial charge in [0.2, 0.25) is 0 Å². The van der Waals surface area contributed by atoms with E-state index >= 15 is 0 Å². The fourth-order valence-corrected chi connectivity index (χ4v) is 4.02. The number of halogens is 4. The maximum Gasteiger partial charge on any atom is 0.419 e. The third-order valence-corrected chi connectivity index (χ3v) is 5.33. The summed E-state index contributed by atoms with van der Waals surface area (Å²) < 4.78 is 54.3. The number of aromatic nitrogens is 1. The van der Waals surface area contributed by atoms with Gasteiger partial charge in [-0.3, -0.25) is 14.5 Å². The predicted octanol–water partition coefficient (Wildman–Crippen LogP) is 3.06. The average Bonchev–Trinajstić information content (AvgIpc) is 2.84. The number of nitriles is 1. The standard InChI is InChI=1S/C19H15F4N5O2S/c1-18(2)16(30)27(10-5-12(19(21,22)23)14(7-24)26-8-10)17(31)28(18)9-3-4-11(15(25)29)13(20)6-9/h3-6,8,17,31H,1-2H3,(H2,25,29). The Kier molecular flexibility index (Phi) is 5.35. The van der Waals surface area contributed by atoms with Crippen LogP contribution < -0.4 is 15.5 Å². The highest BCUT2D eigenvalue weighted by atomic mass is 32.1. The molecule has 0 bridgehead atoms. The van der Waals surface area contributed by atoms with E-state index in [1.54, 1.807) is 0 Å². The van der Waals surface area contributed by atoms with Gasteiger partial charge in [-0.2, -0.15) is 18.4 Å². The van der Waals surface area contributed by atoms with Crippen molar-refractivity contribution in [3.63, 3.8) is 0 Å². The molecule has 1 fully saturated rings. The lowest BCUT2D eigenvalue weighted by Gasteiger charge is -2.33. The van der Waals surface area contributed by atoms with Crippen molar-refractivity contribution in [2.75, 3.05) is 9.80 Å². The Morgan fingerprint density at radius 2 is 1.94 bits per heavy atom. The molecule has 162 valence electrons. The van der Waals surface area contributed by atoms with Gasteiger partial charge in [-0.15, -0.1) is 12.6 Å². The molecule has 1 unspecified atom stereocenters. The van der Waals surface area contributed by atoms with Crippen LogP contribution in [0, 0.1) is 17.1 Å². The van der Waals surface area contributed by atoms with Gasteiger partial charge in [0.25, 0.3) is 11.8 Å². The second-order valence-electron chi connectivity index (χ2n) is 7.18. The Labute approximate surface area is 179 Å². The molecule has 31 heavy (non-hydrogen) atoms. The lowest BCUT2D eigenvalue weighted by Crippen LogP contribution is -2.45. The quantitative estimate of drug-likeness (QED) is 0.549. The van der Waals surface area contributed by atoms with Gasteiger partial charge in [-0.1, -0.05) is 0 Å². The number of hydrogen-bond acceptors (Lipinski definition) is 6. The second kappa shape index (κ2) is 7.42. The molecule has 12 heteroatoms. The number of carbonyl (C=O) groups excluding carboxylic acids is 2.